The number of ether oxygens (including phenoxy) is 3. The molecule has 0 aliphatic carbocycles. The van der Waals surface area contributed by atoms with E-state index in [-0.39, 0.29) is 43.8 Å². The Morgan fingerprint density at radius 2 is 1.76 bits per heavy atom. The van der Waals surface area contributed by atoms with Crippen LogP contribution in [0.2, 0.25) is 0 Å². The van der Waals surface area contributed by atoms with Crippen LogP contribution in [0.15, 0.2) is 65.1 Å². The molecule has 4 rings (SSSR count). The number of methoxy groups -OCH3 is 1. The number of nitrogens with one attached hydrogen (secondary N) is 3. The Hall–Kier alpha value is -4.19. The highest BCUT2D eigenvalue weighted by Gasteiger charge is 2.44. The molecule has 12 heteroatoms. The second kappa shape index (κ2) is 10.8. The molecule has 1 saturated heterocycles. The van der Waals surface area contributed by atoms with E-state index in [1.54, 1.807) is 24.3 Å². The van der Waals surface area contributed by atoms with E-state index in [4.69, 9.17) is 18.6 Å². The van der Waals surface area contributed by atoms with Crippen LogP contribution in [0.1, 0.15) is 17.5 Å². The van der Waals surface area contributed by atoms with Crippen LogP contribution in [-0.2, 0) is 22.3 Å². The second-order valence-electron chi connectivity index (χ2n) is 8.22. The van der Waals surface area contributed by atoms with Gasteiger partial charge in [-0.05, 0) is 29.8 Å². The fourth-order valence-electron chi connectivity index (χ4n) is 3.73. The quantitative estimate of drug-likeness (QED) is 0.399. The molecule has 196 valence electrons. The third kappa shape index (κ3) is 6.33. The zero-order valence-corrected chi connectivity index (χ0v) is 19.7. The summed E-state index contributed by atoms with van der Waals surface area (Å²) < 4.78 is 60.1. The topological polar surface area (TPSA) is 111 Å². The fraction of sp³-hybridized carbons (Fsp3) is 0.280. The minimum atomic E-state index is -4.49. The van der Waals surface area contributed by atoms with Crippen LogP contribution >= 0.6 is 0 Å². The van der Waals surface area contributed by atoms with Gasteiger partial charge >= 0.3 is 12.3 Å². The SMILES string of the molecule is COc1ccc(OC(=O)N[C@@]2(C(=O)NCc3ccc(Nc4ccccc4C(F)(F)F)cc3)CCOC2)o1. The summed E-state index contributed by atoms with van der Waals surface area (Å²) in [6.07, 6.45) is -5.15. The van der Waals surface area contributed by atoms with Crippen molar-refractivity contribution >= 4 is 23.4 Å². The van der Waals surface area contributed by atoms with Gasteiger partial charge in [-0.25, -0.2) is 4.79 Å². The molecule has 1 aliphatic rings. The van der Waals surface area contributed by atoms with Crippen molar-refractivity contribution in [2.75, 3.05) is 25.6 Å². The number of hydrogen-bond donors (Lipinski definition) is 3. The molecule has 1 aliphatic heterocycles. The molecule has 3 aromatic rings. The summed E-state index contributed by atoms with van der Waals surface area (Å²) in [5.41, 5.74) is -1.03. The highest BCUT2D eigenvalue weighted by Crippen LogP contribution is 2.35. The Labute approximate surface area is 209 Å². The summed E-state index contributed by atoms with van der Waals surface area (Å²) in [5.74, 6) is -0.416. The number of amides is 2. The molecule has 2 heterocycles. The number of anilines is 2. The van der Waals surface area contributed by atoms with Gasteiger partial charge in [-0.15, -0.1) is 0 Å². The van der Waals surface area contributed by atoms with E-state index in [9.17, 15) is 22.8 Å². The van der Waals surface area contributed by atoms with Crippen molar-refractivity contribution in [1.82, 2.24) is 10.6 Å². The van der Waals surface area contributed by atoms with Crippen LogP contribution in [0.3, 0.4) is 0 Å². The Bertz CT molecular complexity index is 1240. The van der Waals surface area contributed by atoms with Gasteiger partial charge in [-0.1, -0.05) is 24.3 Å². The number of para-hydroxylation sites is 1. The summed E-state index contributed by atoms with van der Waals surface area (Å²) in [6.45, 7) is 0.338. The van der Waals surface area contributed by atoms with Crippen molar-refractivity contribution in [1.29, 1.82) is 0 Å². The highest BCUT2D eigenvalue weighted by molar-refractivity contribution is 5.90. The summed E-state index contributed by atoms with van der Waals surface area (Å²) in [7, 11) is 1.40. The molecule has 37 heavy (non-hydrogen) atoms. The molecule has 0 saturated carbocycles. The van der Waals surface area contributed by atoms with Gasteiger partial charge in [0.25, 0.3) is 11.9 Å². The number of furan rings is 1. The lowest BCUT2D eigenvalue weighted by Gasteiger charge is -2.26. The van der Waals surface area contributed by atoms with E-state index < -0.39 is 29.3 Å². The smallest absolute Gasteiger partial charge is 0.418 e. The van der Waals surface area contributed by atoms with Gasteiger partial charge in [0.15, 0.2) is 0 Å². The van der Waals surface area contributed by atoms with E-state index in [1.807, 2.05) is 0 Å². The molecule has 1 fully saturated rings. The lowest BCUT2D eigenvalue weighted by molar-refractivity contribution is -0.137. The zero-order chi connectivity index (χ0) is 26.5. The standard InChI is InChI=1S/C25H24F3N3O6/c1-34-20-10-11-21(36-20)37-23(33)31-24(12-13-35-15-24)22(32)29-14-16-6-8-17(9-7-16)30-19-5-3-2-4-18(19)25(26,27)28/h2-11,30H,12-15H2,1H3,(H,29,32)(H,31,33)/t24-/m0/s1. The van der Waals surface area contributed by atoms with Gasteiger partial charge < -0.3 is 34.6 Å². The van der Waals surface area contributed by atoms with Crippen LogP contribution in [0.5, 0.6) is 11.9 Å². The molecule has 1 atom stereocenters. The summed E-state index contributed by atoms with van der Waals surface area (Å²) in [5, 5.41) is 8.09. The number of halogens is 3. The third-order valence-electron chi connectivity index (χ3n) is 5.67. The third-order valence-corrected chi connectivity index (χ3v) is 5.67. The van der Waals surface area contributed by atoms with Crippen molar-refractivity contribution < 1.29 is 41.4 Å². The molecule has 9 nitrogen and oxygen atoms in total. The number of carbonyl (C=O) groups is 2. The normalized spacial score (nSPS) is 17.2. The maximum Gasteiger partial charge on any atom is 0.418 e. The van der Waals surface area contributed by atoms with Crippen LogP contribution < -0.4 is 25.4 Å². The van der Waals surface area contributed by atoms with E-state index in [1.165, 1.54) is 37.4 Å². The average Bonchev–Trinajstić information content (AvgIpc) is 3.53. The first-order valence-corrected chi connectivity index (χ1v) is 11.2. The van der Waals surface area contributed by atoms with Gasteiger partial charge in [-0.2, -0.15) is 13.2 Å². The van der Waals surface area contributed by atoms with Gasteiger partial charge in [0.1, 0.15) is 5.54 Å². The van der Waals surface area contributed by atoms with E-state index in [2.05, 4.69) is 16.0 Å². The predicted molar refractivity (Wildman–Crippen MR) is 126 cm³/mol. The second-order valence-corrected chi connectivity index (χ2v) is 8.22. The van der Waals surface area contributed by atoms with Gasteiger partial charge in [0.2, 0.25) is 5.91 Å². The molecule has 3 N–H and O–H groups in total. The first-order chi connectivity index (χ1) is 17.7. The number of hydrogen-bond acceptors (Lipinski definition) is 7. The molecule has 2 amide bonds. The lowest BCUT2D eigenvalue weighted by Crippen LogP contribution is -2.59. The van der Waals surface area contributed by atoms with Crippen molar-refractivity contribution in [2.45, 2.75) is 24.7 Å². The molecular formula is C25H24F3N3O6. The zero-order valence-electron chi connectivity index (χ0n) is 19.7. The van der Waals surface area contributed by atoms with Gasteiger partial charge in [-0.3, -0.25) is 4.79 Å². The maximum absolute atomic E-state index is 13.2. The van der Waals surface area contributed by atoms with Crippen LogP contribution in [0.4, 0.5) is 29.3 Å². The molecular weight excluding hydrogens is 495 g/mol. The molecule has 0 unspecified atom stereocenters. The summed E-state index contributed by atoms with van der Waals surface area (Å²) in [6, 6.07) is 14.6. The van der Waals surface area contributed by atoms with Crippen LogP contribution in [-0.4, -0.2) is 37.9 Å². The van der Waals surface area contributed by atoms with Crippen molar-refractivity contribution in [3.63, 3.8) is 0 Å². The number of alkyl halides is 3. The molecule has 0 bridgehead atoms. The number of rotatable bonds is 8. The summed E-state index contributed by atoms with van der Waals surface area (Å²) in [4.78, 5) is 25.4. The monoisotopic (exact) mass is 519 g/mol. The van der Waals surface area contributed by atoms with E-state index in [0.717, 1.165) is 6.07 Å². The van der Waals surface area contributed by atoms with Crippen LogP contribution in [0.25, 0.3) is 0 Å². The van der Waals surface area contributed by atoms with Gasteiger partial charge in [0, 0.05) is 37.4 Å². The first kappa shape index (κ1) is 25.9. The molecule has 0 spiro atoms. The van der Waals surface area contributed by atoms with E-state index >= 15 is 0 Å². The minimum absolute atomic E-state index is 0.0448. The number of carbonyl (C=O) groups excluding carboxylic acids is 2. The van der Waals surface area contributed by atoms with Crippen LogP contribution in [0, 0.1) is 0 Å². The minimum Gasteiger partial charge on any atom is -0.468 e. The molecule has 2 aromatic carbocycles. The van der Waals surface area contributed by atoms with Gasteiger partial charge in [0.05, 0.1) is 25.0 Å². The van der Waals surface area contributed by atoms with E-state index in [0.29, 0.717) is 11.3 Å². The summed E-state index contributed by atoms with van der Waals surface area (Å²) >= 11 is 0. The average molecular weight is 519 g/mol. The predicted octanol–water partition coefficient (Wildman–Crippen LogP) is 4.61. The Morgan fingerprint density at radius 1 is 1.03 bits per heavy atom. The largest absolute Gasteiger partial charge is 0.468 e. The van der Waals surface area contributed by atoms with Crippen molar-refractivity contribution in [3.8, 4) is 11.9 Å². The first-order valence-electron chi connectivity index (χ1n) is 11.2. The Kier molecular flexibility index (Phi) is 7.58. The Morgan fingerprint density at radius 3 is 2.41 bits per heavy atom. The van der Waals surface area contributed by atoms with Crippen molar-refractivity contribution in [2.24, 2.45) is 0 Å². The molecule has 1 aromatic heterocycles. The lowest BCUT2D eigenvalue weighted by atomic mass is 9.97. The Balaban J connectivity index is 1.35. The maximum atomic E-state index is 13.2. The molecule has 0 radical (unpaired) electrons. The van der Waals surface area contributed by atoms with Crippen molar-refractivity contribution in [3.05, 3.63) is 71.8 Å². The fourth-order valence-corrected chi connectivity index (χ4v) is 3.73. The highest BCUT2D eigenvalue weighted by atomic mass is 19.4. The number of benzene rings is 2.